The number of furan rings is 1. The van der Waals surface area contributed by atoms with Gasteiger partial charge in [0.05, 0.1) is 6.26 Å². The summed E-state index contributed by atoms with van der Waals surface area (Å²) in [6, 6.07) is 12.0. The molecular formula is C19H26N3O2+. The number of nitrogens with zero attached hydrogens (tertiary/aromatic N) is 1. The Morgan fingerprint density at radius 3 is 2.50 bits per heavy atom. The number of benzene rings is 1. The molecule has 24 heavy (non-hydrogen) atoms. The lowest BCUT2D eigenvalue weighted by Crippen LogP contribution is -2.84. The summed E-state index contributed by atoms with van der Waals surface area (Å²) in [5, 5.41) is 4.88. The number of carbonyl (C=O) groups excluding carboxylic acids is 1. The Morgan fingerprint density at radius 2 is 1.83 bits per heavy atom. The van der Waals surface area contributed by atoms with Crippen LogP contribution in [0.25, 0.3) is 0 Å². The highest BCUT2D eigenvalue weighted by atomic mass is 16.3. The third kappa shape index (κ3) is 4.86. The van der Waals surface area contributed by atoms with E-state index in [0.717, 1.165) is 24.5 Å². The number of carbonyl (C=O) groups is 1. The first-order valence-corrected chi connectivity index (χ1v) is 8.80. The van der Waals surface area contributed by atoms with E-state index in [4.69, 9.17) is 4.42 Å². The predicted octanol–water partition coefficient (Wildman–Crippen LogP) is 2.36. The van der Waals surface area contributed by atoms with Crippen LogP contribution in [-0.4, -0.2) is 25.5 Å². The Labute approximate surface area is 143 Å². The largest absolute Gasteiger partial charge is 0.463 e. The number of amides is 1. The van der Waals surface area contributed by atoms with Crippen LogP contribution in [-0.2, 0) is 11.3 Å². The topological polar surface area (TPSA) is 62.1 Å². The van der Waals surface area contributed by atoms with Crippen LogP contribution in [0.15, 0.2) is 47.1 Å². The van der Waals surface area contributed by atoms with Crippen molar-refractivity contribution in [3.8, 4) is 0 Å². The molecule has 0 spiro atoms. The molecule has 0 atom stereocenters. The van der Waals surface area contributed by atoms with Crippen molar-refractivity contribution in [2.75, 3.05) is 29.9 Å². The minimum Gasteiger partial charge on any atom is -0.463 e. The highest BCUT2D eigenvalue weighted by Gasteiger charge is 2.10. The van der Waals surface area contributed by atoms with Crippen LogP contribution >= 0.6 is 0 Å². The first-order chi connectivity index (χ1) is 11.8. The Bertz CT molecular complexity index is 615. The fraction of sp³-hybridized carbons (Fsp3) is 0.421. The molecular weight excluding hydrogens is 302 g/mol. The molecule has 1 amide bonds. The smallest absolute Gasteiger partial charge is 0.279 e. The molecule has 1 aliphatic heterocycles. The summed E-state index contributed by atoms with van der Waals surface area (Å²) in [6.45, 7) is 3.32. The fourth-order valence-electron chi connectivity index (χ4n) is 3.07. The molecule has 128 valence electrons. The summed E-state index contributed by atoms with van der Waals surface area (Å²) in [7, 11) is 0. The van der Waals surface area contributed by atoms with Crippen molar-refractivity contribution >= 4 is 17.3 Å². The molecule has 0 bridgehead atoms. The third-order valence-electron chi connectivity index (χ3n) is 4.38. The molecule has 5 heteroatoms. The number of nitrogens with two attached hydrogens (primary N) is 1. The summed E-state index contributed by atoms with van der Waals surface area (Å²) in [5.74, 6) is 0.883. The molecule has 5 nitrogen and oxygen atoms in total. The molecule has 0 saturated carbocycles. The number of rotatable bonds is 6. The van der Waals surface area contributed by atoms with Crippen molar-refractivity contribution in [3.63, 3.8) is 0 Å². The molecule has 2 aromatic rings. The van der Waals surface area contributed by atoms with Crippen LogP contribution in [0, 0.1) is 0 Å². The van der Waals surface area contributed by atoms with Gasteiger partial charge in [-0.25, -0.2) is 0 Å². The third-order valence-corrected chi connectivity index (χ3v) is 4.38. The highest BCUT2D eigenvalue weighted by molar-refractivity contribution is 5.91. The summed E-state index contributed by atoms with van der Waals surface area (Å²) < 4.78 is 5.25. The molecule has 1 saturated heterocycles. The maximum absolute atomic E-state index is 12.0. The summed E-state index contributed by atoms with van der Waals surface area (Å²) in [6.07, 6.45) is 6.85. The van der Waals surface area contributed by atoms with Gasteiger partial charge in [0.25, 0.3) is 5.91 Å². The lowest BCUT2D eigenvalue weighted by atomic mass is 10.2. The first-order valence-electron chi connectivity index (χ1n) is 8.80. The van der Waals surface area contributed by atoms with Crippen LogP contribution < -0.4 is 15.5 Å². The van der Waals surface area contributed by atoms with E-state index in [2.05, 4.69) is 22.3 Å². The minimum absolute atomic E-state index is 0.00378. The van der Waals surface area contributed by atoms with Gasteiger partial charge in [0, 0.05) is 24.5 Å². The van der Waals surface area contributed by atoms with Gasteiger partial charge >= 0.3 is 0 Å². The van der Waals surface area contributed by atoms with Crippen LogP contribution in [0.5, 0.6) is 0 Å². The zero-order valence-electron chi connectivity index (χ0n) is 14.0. The molecule has 0 aliphatic carbocycles. The molecule has 3 rings (SSSR count). The zero-order valence-corrected chi connectivity index (χ0v) is 14.0. The van der Waals surface area contributed by atoms with E-state index in [1.807, 2.05) is 29.6 Å². The van der Waals surface area contributed by atoms with Crippen LogP contribution in [0.2, 0.25) is 0 Å². The first kappa shape index (κ1) is 16.6. The van der Waals surface area contributed by atoms with E-state index in [1.54, 1.807) is 6.26 Å². The quantitative estimate of drug-likeness (QED) is 0.856. The van der Waals surface area contributed by atoms with Crippen LogP contribution in [0.4, 0.5) is 11.4 Å². The molecule has 3 N–H and O–H groups in total. The van der Waals surface area contributed by atoms with Crippen LogP contribution in [0.3, 0.4) is 0 Å². The number of hydrogen-bond acceptors (Lipinski definition) is 3. The van der Waals surface area contributed by atoms with Gasteiger partial charge in [0.15, 0.2) is 12.3 Å². The van der Waals surface area contributed by atoms with Crippen molar-refractivity contribution in [3.05, 3.63) is 48.4 Å². The van der Waals surface area contributed by atoms with Gasteiger partial charge in [0.1, 0.15) is 6.54 Å². The van der Waals surface area contributed by atoms with E-state index in [-0.39, 0.29) is 5.91 Å². The Morgan fingerprint density at radius 1 is 1.08 bits per heavy atom. The second-order valence-electron chi connectivity index (χ2n) is 6.27. The van der Waals surface area contributed by atoms with Gasteiger partial charge in [-0.15, -0.1) is 0 Å². The number of anilines is 2. The SMILES string of the molecule is O=C(C[NH2+]Cc1ccco1)Nc1ccc(N2CCCCCC2)cc1. The van der Waals surface area contributed by atoms with Gasteiger partial charge in [-0.1, -0.05) is 12.8 Å². The molecule has 2 heterocycles. The highest BCUT2D eigenvalue weighted by Crippen LogP contribution is 2.21. The van der Waals surface area contributed by atoms with E-state index >= 15 is 0 Å². The van der Waals surface area contributed by atoms with E-state index in [0.29, 0.717) is 13.1 Å². The summed E-state index contributed by atoms with van der Waals surface area (Å²) in [5.41, 5.74) is 2.10. The van der Waals surface area contributed by atoms with Gasteiger partial charge in [-0.2, -0.15) is 0 Å². The van der Waals surface area contributed by atoms with Crippen molar-refractivity contribution in [2.24, 2.45) is 0 Å². The Hall–Kier alpha value is -2.27. The van der Waals surface area contributed by atoms with Crippen molar-refractivity contribution < 1.29 is 14.5 Å². The number of quaternary nitrogens is 1. The summed E-state index contributed by atoms with van der Waals surface area (Å²) in [4.78, 5) is 14.4. The van der Waals surface area contributed by atoms with E-state index in [1.165, 1.54) is 31.4 Å². The fourth-order valence-corrected chi connectivity index (χ4v) is 3.07. The van der Waals surface area contributed by atoms with E-state index in [9.17, 15) is 4.79 Å². The lowest BCUT2D eigenvalue weighted by molar-refractivity contribution is -0.661. The zero-order chi connectivity index (χ0) is 16.6. The molecule has 1 aromatic carbocycles. The average molecular weight is 328 g/mol. The second kappa shape index (κ2) is 8.55. The van der Waals surface area contributed by atoms with Crippen molar-refractivity contribution in [1.82, 2.24) is 0 Å². The Kier molecular flexibility index (Phi) is 5.90. The lowest BCUT2D eigenvalue weighted by Gasteiger charge is -2.22. The number of hydrogen-bond donors (Lipinski definition) is 2. The number of nitrogens with one attached hydrogen (secondary N) is 1. The normalized spacial score (nSPS) is 15.1. The van der Waals surface area contributed by atoms with Crippen molar-refractivity contribution in [1.29, 1.82) is 0 Å². The summed E-state index contributed by atoms with van der Waals surface area (Å²) >= 11 is 0. The standard InChI is InChI=1S/C19H25N3O2/c23-19(15-20-14-18-6-5-13-24-18)21-16-7-9-17(10-8-16)22-11-3-1-2-4-12-22/h5-10,13,20H,1-4,11-12,14-15H2,(H,21,23)/p+1. The molecule has 1 aromatic heterocycles. The Balaban J connectivity index is 1.45. The average Bonchev–Trinajstić information content (AvgIpc) is 2.96. The molecule has 1 fully saturated rings. The van der Waals surface area contributed by atoms with Gasteiger partial charge in [0.2, 0.25) is 0 Å². The molecule has 0 radical (unpaired) electrons. The van der Waals surface area contributed by atoms with Gasteiger partial charge in [-0.05, 0) is 49.2 Å². The monoisotopic (exact) mass is 328 g/mol. The van der Waals surface area contributed by atoms with Gasteiger partial charge < -0.3 is 20.0 Å². The van der Waals surface area contributed by atoms with Gasteiger partial charge in [-0.3, -0.25) is 4.79 Å². The predicted molar refractivity (Wildman–Crippen MR) is 95.0 cm³/mol. The molecule has 0 unspecified atom stereocenters. The maximum atomic E-state index is 12.0. The molecule has 1 aliphatic rings. The van der Waals surface area contributed by atoms with E-state index < -0.39 is 0 Å². The van der Waals surface area contributed by atoms with Crippen molar-refractivity contribution in [2.45, 2.75) is 32.2 Å². The minimum atomic E-state index is 0.00378. The maximum Gasteiger partial charge on any atom is 0.279 e. The van der Waals surface area contributed by atoms with Crippen LogP contribution in [0.1, 0.15) is 31.4 Å². The second-order valence-corrected chi connectivity index (χ2v) is 6.27.